The van der Waals surface area contributed by atoms with Gasteiger partial charge in [-0.05, 0) is 6.07 Å². The third-order valence-corrected chi connectivity index (χ3v) is 2.34. The molecule has 110 valence electrons. The van der Waals surface area contributed by atoms with Gasteiger partial charge in [0, 0.05) is 26.2 Å². The molecule has 0 unspecified atom stereocenters. The summed E-state index contributed by atoms with van der Waals surface area (Å²) in [6, 6.07) is 2.55. The molecule has 0 saturated heterocycles. The standard InChI is InChI=1S/C11H11FN6O3/c1-17(2)10-14-9(13)15-11(16-10)21-8-5-6(12)3-4-7(8)18(19)20/h3-5H,1-2H3,(H2,13,14,15,16). The van der Waals surface area contributed by atoms with Crippen LogP contribution < -0.4 is 15.4 Å². The van der Waals surface area contributed by atoms with Crippen molar-refractivity contribution in [1.82, 2.24) is 15.0 Å². The Bertz CT molecular complexity index is 694. The van der Waals surface area contributed by atoms with Crippen molar-refractivity contribution in [2.75, 3.05) is 24.7 Å². The normalized spacial score (nSPS) is 10.2. The largest absolute Gasteiger partial charge is 0.417 e. The highest BCUT2D eigenvalue weighted by Crippen LogP contribution is 2.30. The van der Waals surface area contributed by atoms with Crippen molar-refractivity contribution >= 4 is 17.6 Å². The quantitative estimate of drug-likeness (QED) is 0.662. The summed E-state index contributed by atoms with van der Waals surface area (Å²) < 4.78 is 18.4. The van der Waals surface area contributed by atoms with Gasteiger partial charge in [0.2, 0.25) is 17.6 Å². The van der Waals surface area contributed by atoms with E-state index in [4.69, 9.17) is 10.5 Å². The maximum atomic E-state index is 13.2. The average molecular weight is 294 g/mol. The van der Waals surface area contributed by atoms with Gasteiger partial charge < -0.3 is 15.4 Å². The molecule has 0 amide bonds. The molecule has 0 fully saturated rings. The zero-order chi connectivity index (χ0) is 15.6. The number of nitro groups is 1. The first kappa shape index (κ1) is 14.4. The van der Waals surface area contributed by atoms with Gasteiger partial charge in [0.15, 0.2) is 0 Å². The second-order valence-electron chi connectivity index (χ2n) is 4.14. The Morgan fingerprint density at radius 1 is 1.33 bits per heavy atom. The van der Waals surface area contributed by atoms with Crippen LogP contribution in [0.5, 0.6) is 11.8 Å². The van der Waals surface area contributed by atoms with E-state index in [-0.39, 0.29) is 23.7 Å². The molecule has 0 aliphatic heterocycles. The van der Waals surface area contributed by atoms with Crippen molar-refractivity contribution in [3.05, 3.63) is 34.1 Å². The highest BCUT2D eigenvalue weighted by atomic mass is 19.1. The summed E-state index contributed by atoms with van der Waals surface area (Å²) in [6.07, 6.45) is 0. The minimum Gasteiger partial charge on any atom is -0.417 e. The first-order valence-electron chi connectivity index (χ1n) is 5.67. The van der Waals surface area contributed by atoms with E-state index in [1.165, 1.54) is 0 Å². The molecule has 0 saturated carbocycles. The summed E-state index contributed by atoms with van der Waals surface area (Å²) in [7, 11) is 3.34. The van der Waals surface area contributed by atoms with Gasteiger partial charge in [-0.2, -0.15) is 15.0 Å². The van der Waals surface area contributed by atoms with E-state index in [1.54, 1.807) is 19.0 Å². The van der Waals surface area contributed by atoms with Crippen LogP contribution in [0.3, 0.4) is 0 Å². The number of nitrogens with zero attached hydrogens (tertiary/aromatic N) is 5. The van der Waals surface area contributed by atoms with Gasteiger partial charge in [0.1, 0.15) is 5.82 Å². The Hall–Kier alpha value is -3.04. The lowest BCUT2D eigenvalue weighted by Gasteiger charge is -2.11. The molecule has 0 bridgehead atoms. The molecule has 21 heavy (non-hydrogen) atoms. The van der Waals surface area contributed by atoms with Crippen LogP contribution in [0.4, 0.5) is 22.0 Å². The molecule has 2 aromatic rings. The van der Waals surface area contributed by atoms with E-state index >= 15 is 0 Å². The summed E-state index contributed by atoms with van der Waals surface area (Å²) in [5.74, 6) is -0.930. The Morgan fingerprint density at radius 2 is 2.05 bits per heavy atom. The average Bonchev–Trinajstić information content (AvgIpc) is 2.37. The van der Waals surface area contributed by atoms with Crippen LogP contribution in [0.25, 0.3) is 0 Å². The summed E-state index contributed by atoms with van der Waals surface area (Å²) in [6.45, 7) is 0. The van der Waals surface area contributed by atoms with Crippen LogP contribution >= 0.6 is 0 Å². The van der Waals surface area contributed by atoms with E-state index in [0.29, 0.717) is 0 Å². The minimum atomic E-state index is -0.702. The molecule has 2 N–H and O–H groups in total. The zero-order valence-corrected chi connectivity index (χ0v) is 11.1. The molecule has 0 aliphatic carbocycles. The molecule has 0 spiro atoms. The van der Waals surface area contributed by atoms with Crippen LogP contribution in [0.2, 0.25) is 0 Å². The molecule has 9 nitrogen and oxygen atoms in total. The van der Waals surface area contributed by atoms with Crippen molar-refractivity contribution in [3.63, 3.8) is 0 Å². The summed E-state index contributed by atoms with van der Waals surface area (Å²) in [4.78, 5) is 23.2. The predicted octanol–water partition coefficient (Wildman–Crippen LogP) is 1.36. The van der Waals surface area contributed by atoms with Crippen LogP contribution in [0.1, 0.15) is 0 Å². The fraction of sp³-hybridized carbons (Fsp3) is 0.182. The van der Waals surface area contributed by atoms with Gasteiger partial charge >= 0.3 is 11.7 Å². The molecule has 1 aromatic heterocycles. The molecular weight excluding hydrogens is 283 g/mol. The van der Waals surface area contributed by atoms with Crippen molar-refractivity contribution in [2.24, 2.45) is 0 Å². The van der Waals surface area contributed by atoms with Crippen molar-refractivity contribution in [1.29, 1.82) is 0 Å². The number of nitrogen functional groups attached to an aromatic ring is 1. The number of anilines is 2. The van der Waals surface area contributed by atoms with Gasteiger partial charge in [0.25, 0.3) is 0 Å². The van der Waals surface area contributed by atoms with Gasteiger partial charge in [-0.25, -0.2) is 4.39 Å². The number of aromatic nitrogens is 3. The predicted molar refractivity (Wildman–Crippen MR) is 71.7 cm³/mol. The Balaban J connectivity index is 2.42. The van der Waals surface area contributed by atoms with Crippen LogP contribution in [-0.2, 0) is 0 Å². The highest BCUT2D eigenvalue weighted by molar-refractivity contribution is 5.48. The topological polar surface area (TPSA) is 120 Å². The molecule has 1 heterocycles. The highest BCUT2D eigenvalue weighted by Gasteiger charge is 2.18. The van der Waals surface area contributed by atoms with Crippen molar-refractivity contribution < 1.29 is 14.1 Å². The van der Waals surface area contributed by atoms with Crippen molar-refractivity contribution in [3.8, 4) is 11.8 Å². The number of ether oxygens (including phenoxy) is 1. The number of benzene rings is 1. The zero-order valence-electron chi connectivity index (χ0n) is 11.1. The maximum absolute atomic E-state index is 13.2. The van der Waals surface area contributed by atoms with Gasteiger partial charge in [-0.1, -0.05) is 0 Å². The molecule has 1 aromatic carbocycles. The summed E-state index contributed by atoms with van der Waals surface area (Å²) in [5, 5.41) is 10.9. The third kappa shape index (κ3) is 3.29. The summed E-state index contributed by atoms with van der Waals surface area (Å²) >= 11 is 0. The number of nitro benzene ring substituents is 1. The SMILES string of the molecule is CN(C)c1nc(N)nc(Oc2cc(F)ccc2[N+](=O)[O-])n1. The number of nitrogens with two attached hydrogens (primary N) is 1. The van der Waals surface area contributed by atoms with Gasteiger partial charge in [-0.15, -0.1) is 0 Å². The van der Waals surface area contributed by atoms with Crippen LogP contribution in [-0.4, -0.2) is 34.0 Å². The third-order valence-electron chi connectivity index (χ3n) is 2.34. The Kier molecular flexibility index (Phi) is 3.78. The number of halogens is 1. The van der Waals surface area contributed by atoms with E-state index in [2.05, 4.69) is 15.0 Å². The monoisotopic (exact) mass is 294 g/mol. The Labute approximate surface area is 118 Å². The first-order chi connectivity index (χ1) is 9.86. The lowest BCUT2D eigenvalue weighted by atomic mass is 10.3. The van der Waals surface area contributed by atoms with E-state index < -0.39 is 16.4 Å². The second-order valence-corrected chi connectivity index (χ2v) is 4.14. The smallest absolute Gasteiger partial charge is 0.328 e. The molecule has 10 heteroatoms. The van der Waals surface area contributed by atoms with E-state index in [0.717, 1.165) is 18.2 Å². The van der Waals surface area contributed by atoms with Gasteiger partial charge in [0.05, 0.1) is 4.92 Å². The molecule has 0 aliphatic rings. The first-order valence-corrected chi connectivity index (χ1v) is 5.67. The van der Waals surface area contributed by atoms with Gasteiger partial charge in [-0.3, -0.25) is 10.1 Å². The fourth-order valence-electron chi connectivity index (χ4n) is 1.43. The fourth-order valence-corrected chi connectivity index (χ4v) is 1.43. The second kappa shape index (κ2) is 5.53. The molecular formula is C11H11FN6O3. The Morgan fingerprint density at radius 3 is 2.67 bits per heavy atom. The van der Waals surface area contributed by atoms with E-state index in [1.807, 2.05) is 0 Å². The number of hydrogen-bond donors (Lipinski definition) is 1. The van der Waals surface area contributed by atoms with Crippen molar-refractivity contribution in [2.45, 2.75) is 0 Å². The molecule has 0 radical (unpaired) electrons. The van der Waals surface area contributed by atoms with E-state index in [9.17, 15) is 14.5 Å². The minimum absolute atomic E-state index is 0.122. The molecule has 0 atom stereocenters. The van der Waals surface area contributed by atoms with Crippen LogP contribution in [0.15, 0.2) is 18.2 Å². The number of rotatable bonds is 4. The lowest BCUT2D eigenvalue weighted by Crippen LogP contribution is -2.15. The number of hydrogen-bond acceptors (Lipinski definition) is 8. The lowest BCUT2D eigenvalue weighted by molar-refractivity contribution is -0.385. The maximum Gasteiger partial charge on any atom is 0.328 e. The van der Waals surface area contributed by atoms with Crippen LogP contribution in [0, 0.1) is 15.9 Å². The molecule has 2 rings (SSSR count). The summed E-state index contributed by atoms with van der Waals surface area (Å²) in [5.41, 5.74) is 5.09.